The third-order valence-corrected chi connectivity index (χ3v) is 3.96. The lowest BCUT2D eigenvalue weighted by Gasteiger charge is -2.12. The maximum absolute atomic E-state index is 12.5. The van der Waals surface area contributed by atoms with Gasteiger partial charge in [-0.1, -0.05) is 17.7 Å². The number of furan rings is 1. The van der Waals surface area contributed by atoms with Crippen molar-refractivity contribution in [1.29, 1.82) is 0 Å². The van der Waals surface area contributed by atoms with Gasteiger partial charge in [-0.15, -0.1) is 0 Å². The quantitative estimate of drug-likeness (QED) is 0.784. The predicted octanol–water partition coefficient (Wildman–Crippen LogP) is 4.20. The van der Waals surface area contributed by atoms with E-state index in [0.29, 0.717) is 6.54 Å². The first-order valence-corrected chi connectivity index (χ1v) is 7.88. The third kappa shape index (κ3) is 3.38. The van der Waals surface area contributed by atoms with E-state index < -0.39 is 0 Å². The Morgan fingerprint density at radius 2 is 1.88 bits per heavy atom. The molecule has 1 aromatic carbocycles. The predicted molar refractivity (Wildman–Crippen MR) is 93.8 cm³/mol. The Labute approximate surface area is 141 Å². The van der Waals surface area contributed by atoms with Gasteiger partial charge in [-0.2, -0.15) is 0 Å². The molecule has 4 nitrogen and oxygen atoms in total. The molecule has 0 fully saturated rings. The first kappa shape index (κ1) is 16.0. The number of nitrogens with one attached hydrogen (secondary N) is 1. The molecule has 0 saturated carbocycles. The summed E-state index contributed by atoms with van der Waals surface area (Å²) in [6.45, 7) is 6.39. The molecule has 0 aliphatic rings. The van der Waals surface area contributed by atoms with Crippen LogP contribution in [0, 0.1) is 20.8 Å². The maximum Gasteiger partial charge on any atom is 0.252 e. The minimum Gasteiger partial charge on any atom is -0.464 e. The van der Waals surface area contributed by atoms with E-state index in [1.165, 1.54) is 0 Å². The van der Waals surface area contributed by atoms with E-state index >= 15 is 0 Å². The first-order chi connectivity index (χ1) is 11.5. The van der Waals surface area contributed by atoms with Crippen molar-refractivity contribution in [2.45, 2.75) is 27.3 Å². The minimum atomic E-state index is -0.0617. The number of hydrogen-bond acceptors (Lipinski definition) is 3. The molecule has 0 spiro atoms. The molecule has 1 N–H and O–H groups in total. The Hall–Kier alpha value is -2.88. The molecule has 4 heteroatoms. The molecule has 0 atom stereocenters. The molecule has 0 aliphatic heterocycles. The van der Waals surface area contributed by atoms with Crippen LogP contribution in [0.25, 0.3) is 11.3 Å². The fraction of sp³-hybridized carbons (Fsp3) is 0.200. The van der Waals surface area contributed by atoms with Crippen molar-refractivity contribution in [3.05, 3.63) is 76.8 Å². The molecule has 3 aromatic rings. The number of nitrogens with zero attached hydrogens (tertiary/aromatic N) is 1. The lowest BCUT2D eigenvalue weighted by atomic mass is 9.99. The molecule has 0 aliphatic carbocycles. The number of carbonyl (C=O) groups excluding carboxylic acids is 1. The normalized spacial score (nSPS) is 10.6. The van der Waals surface area contributed by atoms with Crippen molar-refractivity contribution < 1.29 is 9.21 Å². The van der Waals surface area contributed by atoms with Gasteiger partial charge in [0.05, 0.1) is 6.26 Å². The van der Waals surface area contributed by atoms with Gasteiger partial charge in [-0.05, 0) is 55.7 Å². The Morgan fingerprint density at radius 1 is 1.12 bits per heavy atom. The summed E-state index contributed by atoms with van der Waals surface area (Å²) in [5.74, 6) is 0.703. The molecule has 2 heterocycles. The van der Waals surface area contributed by atoms with Gasteiger partial charge in [-0.3, -0.25) is 9.78 Å². The summed E-state index contributed by atoms with van der Waals surface area (Å²) in [4.78, 5) is 16.8. The fourth-order valence-corrected chi connectivity index (χ4v) is 2.97. The van der Waals surface area contributed by atoms with E-state index in [-0.39, 0.29) is 5.91 Å². The summed E-state index contributed by atoms with van der Waals surface area (Å²) in [5, 5.41) is 2.98. The van der Waals surface area contributed by atoms with Crippen LogP contribution in [0.2, 0.25) is 0 Å². The molecule has 1 amide bonds. The highest BCUT2D eigenvalue weighted by atomic mass is 16.3. The van der Waals surface area contributed by atoms with Gasteiger partial charge in [0.2, 0.25) is 0 Å². The number of aryl methyl sites for hydroxylation is 3. The van der Waals surface area contributed by atoms with E-state index in [0.717, 1.165) is 39.1 Å². The molecule has 0 bridgehead atoms. The van der Waals surface area contributed by atoms with Gasteiger partial charge < -0.3 is 9.73 Å². The Morgan fingerprint density at radius 3 is 2.54 bits per heavy atom. The lowest BCUT2D eigenvalue weighted by molar-refractivity contribution is 0.0949. The van der Waals surface area contributed by atoms with Crippen LogP contribution in [0.3, 0.4) is 0 Å². The summed E-state index contributed by atoms with van der Waals surface area (Å²) >= 11 is 0. The van der Waals surface area contributed by atoms with E-state index in [1.807, 2.05) is 51.1 Å². The molecule has 24 heavy (non-hydrogen) atoms. The summed E-state index contributed by atoms with van der Waals surface area (Å²) in [7, 11) is 0. The van der Waals surface area contributed by atoms with Crippen LogP contribution in [-0.2, 0) is 6.54 Å². The first-order valence-electron chi connectivity index (χ1n) is 7.88. The van der Waals surface area contributed by atoms with Crippen LogP contribution >= 0.6 is 0 Å². The Balaban J connectivity index is 1.75. The molecular weight excluding hydrogens is 300 g/mol. The topological polar surface area (TPSA) is 55.1 Å². The highest BCUT2D eigenvalue weighted by Crippen LogP contribution is 2.20. The highest BCUT2D eigenvalue weighted by Gasteiger charge is 2.12. The fourth-order valence-electron chi connectivity index (χ4n) is 2.97. The van der Waals surface area contributed by atoms with Gasteiger partial charge in [0.1, 0.15) is 5.76 Å². The number of pyridine rings is 1. The number of amides is 1. The number of hydrogen-bond donors (Lipinski definition) is 1. The third-order valence-electron chi connectivity index (χ3n) is 3.96. The second-order valence-corrected chi connectivity index (χ2v) is 6.02. The number of rotatable bonds is 4. The molecule has 2 aromatic heterocycles. The van der Waals surface area contributed by atoms with Crippen molar-refractivity contribution in [2.24, 2.45) is 0 Å². The summed E-state index contributed by atoms with van der Waals surface area (Å²) in [5.41, 5.74) is 5.72. The summed E-state index contributed by atoms with van der Waals surface area (Å²) < 4.78 is 5.38. The SMILES string of the molecule is Cc1cc(C)c(C(=O)NCc2cncc(-c3ccco3)c2)c(C)c1. The van der Waals surface area contributed by atoms with Gasteiger partial charge >= 0.3 is 0 Å². The van der Waals surface area contributed by atoms with Gasteiger partial charge in [-0.25, -0.2) is 0 Å². The van der Waals surface area contributed by atoms with Crippen LogP contribution in [0.15, 0.2) is 53.4 Å². The van der Waals surface area contributed by atoms with Crippen molar-refractivity contribution in [3.63, 3.8) is 0 Å². The molecule has 3 rings (SSSR count). The molecular formula is C20H20N2O2. The number of carbonyl (C=O) groups is 1. The van der Waals surface area contributed by atoms with Gasteiger partial charge in [0.25, 0.3) is 5.91 Å². The largest absolute Gasteiger partial charge is 0.464 e. The molecule has 0 unspecified atom stereocenters. The number of benzene rings is 1. The Bertz CT molecular complexity index is 844. The van der Waals surface area contributed by atoms with Crippen molar-refractivity contribution >= 4 is 5.91 Å². The second-order valence-electron chi connectivity index (χ2n) is 6.02. The van der Waals surface area contributed by atoms with Crippen LogP contribution in [0.4, 0.5) is 0 Å². The monoisotopic (exact) mass is 320 g/mol. The standard InChI is InChI=1S/C20H20N2O2/c1-13-7-14(2)19(15(3)8-13)20(23)22-11-16-9-17(12-21-10-16)18-5-4-6-24-18/h4-10,12H,11H2,1-3H3,(H,22,23). The van der Waals surface area contributed by atoms with Gasteiger partial charge in [0.15, 0.2) is 0 Å². The van der Waals surface area contributed by atoms with E-state index in [9.17, 15) is 4.79 Å². The summed E-state index contributed by atoms with van der Waals surface area (Å²) in [6, 6.07) is 9.76. The average Bonchev–Trinajstić information content (AvgIpc) is 3.07. The van der Waals surface area contributed by atoms with E-state index in [2.05, 4.69) is 10.3 Å². The zero-order valence-corrected chi connectivity index (χ0v) is 14.1. The van der Waals surface area contributed by atoms with Gasteiger partial charge in [0, 0.05) is 30.1 Å². The zero-order valence-electron chi connectivity index (χ0n) is 14.1. The van der Waals surface area contributed by atoms with Crippen LogP contribution in [0.1, 0.15) is 32.6 Å². The van der Waals surface area contributed by atoms with E-state index in [4.69, 9.17) is 4.42 Å². The molecule has 0 radical (unpaired) electrons. The number of aromatic nitrogens is 1. The smallest absolute Gasteiger partial charge is 0.252 e. The average molecular weight is 320 g/mol. The summed E-state index contributed by atoms with van der Waals surface area (Å²) in [6.07, 6.45) is 5.13. The Kier molecular flexibility index (Phi) is 4.47. The van der Waals surface area contributed by atoms with Crippen molar-refractivity contribution in [2.75, 3.05) is 0 Å². The highest BCUT2D eigenvalue weighted by molar-refractivity contribution is 5.97. The lowest BCUT2D eigenvalue weighted by Crippen LogP contribution is -2.24. The van der Waals surface area contributed by atoms with Crippen molar-refractivity contribution in [3.8, 4) is 11.3 Å². The van der Waals surface area contributed by atoms with E-state index in [1.54, 1.807) is 18.7 Å². The van der Waals surface area contributed by atoms with Crippen molar-refractivity contribution in [1.82, 2.24) is 10.3 Å². The minimum absolute atomic E-state index is 0.0617. The second kappa shape index (κ2) is 6.71. The van der Waals surface area contributed by atoms with Crippen LogP contribution < -0.4 is 5.32 Å². The zero-order chi connectivity index (χ0) is 17.1. The molecule has 122 valence electrons. The van der Waals surface area contributed by atoms with Crippen LogP contribution in [-0.4, -0.2) is 10.9 Å². The maximum atomic E-state index is 12.5. The van der Waals surface area contributed by atoms with Crippen LogP contribution in [0.5, 0.6) is 0 Å². The molecule has 0 saturated heterocycles.